The van der Waals surface area contributed by atoms with Crippen LogP contribution in [-0.4, -0.2) is 86.9 Å². The fourth-order valence-electron chi connectivity index (χ4n) is 3.30. The van der Waals surface area contributed by atoms with Crippen LogP contribution < -0.4 is 0 Å². The van der Waals surface area contributed by atoms with Gasteiger partial charge >= 0.3 is 33.2 Å². The molecule has 0 aliphatic heterocycles. The quantitative estimate of drug-likeness (QED) is 0.0449. The van der Waals surface area contributed by atoms with Gasteiger partial charge in [0.25, 0.3) is 0 Å². The minimum Gasteiger partial charge on any atom is -0.469 e. The van der Waals surface area contributed by atoms with E-state index in [1.165, 1.54) is 7.11 Å². The predicted octanol–water partition coefficient (Wildman–Crippen LogP) is 12.2. The van der Waals surface area contributed by atoms with Crippen LogP contribution in [0.5, 0.6) is 0 Å². The van der Waals surface area contributed by atoms with Gasteiger partial charge in [0, 0.05) is 23.0 Å². The maximum atomic E-state index is 14.5. The van der Waals surface area contributed by atoms with E-state index in [0.29, 0.717) is 0 Å². The molecule has 0 aliphatic rings. The van der Waals surface area contributed by atoms with Crippen LogP contribution in [0.2, 0.25) is 0 Å². The maximum absolute atomic E-state index is 14.5. The highest BCUT2D eigenvalue weighted by molar-refractivity contribution is 8.56. The molecule has 0 bridgehead atoms. The Morgan fingerprint density at radius 3 is 1.04 bits per heavy atom. The van der Waals surface area contributed by atoms with Crippen LogP contribution in [0.1, 0.15) is 96.4 Å². The third kappa shape index (κ3) is 28.0. The van der Waals surface area contributed by atoms with Gasteiger partial charge in [-0.3, -0.25) is 22.9 Å². The standard InChI is InChI=1S/C32H68O14P4S4/c1-24(2)17-39-47(34,40-18-25(3)4)52-21-29(11)45-50(37,46-30(12)22-53-48(35,41-19-26(5)6)42-20-27(7)8)54-23-31(13)44-49(36,43-28(9)10)51-16-15-32(33)38-14/h24-31H,15-23H2,1-14H3. The zero-order valence-electron chi connectivity index (χ0n) is 34.6. The monoisotopic (exact) mass is 928 g/mol. The number of methoxy groups -OCH3 is 1. The van der Waals surface area contributed by atoms with Crippen molar-refractivity contribution in [1.82, 2.24) is 0 Å². The van der Waals surface area contributed by atoms with E-state index in [0.717, 1.165) is 45.5 Å². The van der Waals surface area contributed by atoms with Gasteiger partial charge in [0.15, 0.2) is 0 Å². The van der Waals surface area contributed by atoms with Crippen LogP contribution in [-0.2, 0) is 64.0 Å². The first-order valence-corrected chi connectivity index (χ1v) is 30.7. The van der Waals surface area contributed by atoms with Gasteiger partial charge in [0.1, 0.15) is 0 Å². The van der Waals surface area contributed by atoms with Crippen molar-refractivity contribution >= 4 is 78.7 Å². The first kappa shape index (κ1) is 55.5. The average Bonchev–Trinajstić information content (AvgIpc) is 3.05. The molecule has 0 heterocycles. The van der Waals surface area contributed by atoms with Crippen LogP contribution in [0.25, 0.3) is 0 Å². The van der Waals surface area contributed by atoms with Crippen molar-refractivity contribution in [2.75, 3.05) is 56.5 Å². The van der Waals surface area contributed by atoms with Gasteiger partial charge in [-0.15, -0.1) is 0 Å². The molecule has 54 heavy (non-hydrogen) atoms. The molecule has 0 spiro atoms. The van der Waals surface area contributed by atoms with Gasteiger partial charge in [0.05, 0.1) is 64.4 Å². The summed E-state index contributed by atoms with van der Waals surface area (Å²) < 4.78 is 107. The summed E-state index contributed by atoms with van der Waals surface area (Å²) in [6.07, 6.45) is -2.68. The van der Waals surface area contributed by atoms with E-state index in [1.54, 1.807) is 34.6 Å². The van der Waals surface area contributed by atoms with Gasteiger partial charge in [0.2, 0.25) is 0 Å². The normalized spacial score (nSPS) is 16.9. The highest BCUT2D eigenvalue weighted by atomic mass is 32.7. The predicted molar refractivity (Wildman–Crippen MR) is 228 cm³/mol. The van der Waals surface area contributed by atoms with Crippen molar-refractivity contribution in [3.8, 4) is 0 Å². The van der Waals surface area contributed by atoms with Crippen molar-refractivity contribution in [1.29, 1.82) is 0 Å². The third-order valence-corrected chi connectivity index (χ3v) is 21.6. The second-order valence-electron chi connectivity index (χ2n) is 14.5. The van der Waals surface area contributed by atoms with Crippen molar-refractivity contribution < 1.29 is 64.0 Å². The molecule has 4 unspecified atom stereocenters. The van der Waals surface area contributed by atoms with Gasteiger partial charge < -0.3 is 22.8 Å². The lowest BCUT2D eigenvalue weighted by molar-refractivity contribution is -0.140. The van der Waals surface area contributed by atoms with E-state index in [4.69, 9.17) is 36.2 Å². The van der Waals surface area contributed by atoms with Crippen molar-refractivity contribution in [3.05, 3.63) is 0 Å². The molecule has 0 aliphatic carbocycles. The minimum absolute atomic E-state index is 0.0116. The number of hydrogen-bond donors (Lipinski definition) is 0. The minimum atomic E-state index is -4.04. The summed E-state index contributed by atoms with van der Waals surface area (Å²) in [5.74, 6) is 0.399. The first-order chi connectivity index (χ1) is 24.8. The van der Waals surface area contributed by atoms with E-state index in [1.807, 2.05) is 55.4 Å². The Kier molecular flexibility index (Phi) is 28.8. The molecule has 0 amide bonds. The number of hydrogen-bond acceptors (Lipinski definition) is 18. The third-order valence-electron chi connectivity index (χ3n) is 5.72. The molecule has 0 aromatic carbocycles. The van der Waals surface area contributed by atoms with Gasteiger partial charge in [-0.05, 0) is 104 Å². The Hall–Kier alpha value is 1.47. The van der Waals surface area contributed by atoms with Crippen molar-refractivity contribution in [3.63, 3.8) is 0 Å². The fraction of sp³-hybridized carbons (Fsp3) is 0.969. The molecule has 0 aromatic heterocycles. The van der Waals surface area contributed by atoms with Gasteiger partial charge in [-0.25, -0.2) is 18.3 Å². The zero-order valence-corrected chi connectivity index (χ0v) is 41.5. The highest BCUT2D eigenvalue weighted by Gasteiger charge is 2.37. The second-order valence-corrected chi connectivity index (χ2v) is 30.9. The Morgan fingerprint density at radius 2 is 0.759 bits per heavy atom. The summed E-state index contributed by atoms with van der Waals surface area (Å²) in [5.41, 5.74) is 0. The molecular weight excluding hydrogens is 861 g/mol. The largest absolute Gasteiger partial charge is 0.469 e. The van der Waals surface area contributed by atoms with Crippen LogP contribution in [0.15, 0.2) is 0 Å². The fourth-order valence-corrected chi connectivity index (χ4v) is 18.9. The molecule has 22 heteroatoms. The number of rotatable bonds is 33. The molecule has 14 nitrogen and oxygen atoms in total. The summed E-state index contributed by atoms with van der Waals surface area (Å²) in [6.45, 7) is 9.98. The average molecular weight is 929 g/mol. The van der Waals surface area contributed by atoms with Gasteiger partial charge in [-0.2, -0.15) is 0 Å². The van der Waals surface area contributed by atoms with Crippen LogP contribution in [0.4, 0.5) is 0 Å². The van der Waals surface area contributed by atoms with Crippen molar-refractivity contribution in [2.24, 2.45) is 23.7 Å². The molecule has 324 valence electrons. The lowest BCUT2D eigenvalue weighted by Gasteiger charge is -2.28. The lowest BCUT2D eigenvalue weighted by Crippen LogP contribution is -2.17. The van der Waals surface area contributed by atoms with E-state index in [-0.39, 0.29) is 79.5 Å². The molecule has 0 aromatic rings. The summed E-state index contributed by atoms with van der Waals surface area (Å²) in [4.78, 5) is 11.6. The molecule has 0 saturated carbocycles. The number of carbonyl (C=O) groups excluding carboxylic acids is 1. The Labute approximate surface area is 342 Å². The lowest BCUT2D eigenvalue weighted by atomic mass is 10.2. The Bertz CT molecular complexity index is 1150. The van der Waals surface area contributed by atoms with Crippen LogP contribution in [0.3, 0.4) is 0 Å². The van der Waals surface area contributed by atoms with E-state index in [9.17, 15) is 23.1 Å². The summed E-state index contributed by atoms with van der Waals surface area (Å²) >= 11 is 3.66. The molecule has 0 radical (unpaired) electrons. The summed E-state index contributed by atoms with van der Waals surface area (Å²) in [6, 6.07) is 0. The summed E-state index contributed by atoms with van der Waals surface area (Å²) in [5, 5.41) is 0. The van der Waals surface area contributed by atoms with E-state index >= 15 is 0 Å². The van der Waals surface area contributed by atoms with Crippen LogP contribution >= 0.6 is 72.7 Å². The number of carbonyl (C=O) groups is 1. The topological polar surface area (TPSA) is 168 Å². The smallest absolute Gasteiger partial charge is 0.389 e. The van der Waals surface area contributed by atoms with Crippen LogP contribution in [0, 0.1) is 23.7 Å². The number of ether oxygens (including phenoxy) is 1. The molecule has 0 fully saturated rings. The van der Waals surface area contributed by atoms with Gasteiger partial charge in [-0.1, -0.05) is 55.4 Å². The molecule has 4 atom stereocenters. The number of esters is 1. The second kappa shape index (κ2) is 28.1. The molecule has 0 rings (SSSR count). The molecule has 0 saturated heterocycles. The highest BCUT2D eigenvalue weighted by Crippen LogP contribution is 2.67. The summed E-state index contributed by atoms with van der Waals surface area (Å²) in [7, 11) is 1.27. The Balaban J connectivity index is 6.10. The van der Waals surface area contributed by atoms with Crippen molar-refractivity contribution in [2.45, 2.75) is 121 Å². The SMILES string of the molecule is COC(=O)CCSP(=O)(OC(C)C)OC(C)CSP(=O)(OC(C)CSP(=O)(OCC(C)C)OCC(C)C)OC(C)CSP(=O)(OCC(C)C)OCC(C)C. The molecule has 0 N–H and O–H groups in total. The Morgan fingerprint density at radius 1 is 0.463 bits per heavy atom. The maximum Gasteiger partial charge on any atom is 0.389 e. The first-order valence-electron chi connectivity index (χ1n) is 18.2. The molecular formula is C32H68O14P4S4. The van der Waals surface area contributed by atoms with E-state index < -0.39 is 57.6 Å². The zero-order chi connectivity index (χ0) is 41.8. The van der Waals surface area contributed by atoms with E-state index in [2.05, 4.69) is 4.74 Å².